The maximum Gasteiger partial charge on any atom is 0.141 e. The average molecular weight is 104 g/mol. The Morgan fingerprint density at radius 3 is 1.71 bits per heavy atom. The number of rotatable bonds is 1. The van der Waals surface area contributed by atoms with Crippen LogP contribution in [0.15, 0.2) is 12.7 Å². The van der Waals surface area contributed by atoms with Gasteiger partial charge >= 0.3 is 0 Å². The van der Waals surface area contributed by atoms with Crippen molar-refractivity contribution in [2.24, 2.45) is 5.92 Å². The van der Waals surface area contributed by atoms with Crippen molar-refractivity contribution in [1.29, 1.82) is 0 Å². The summed E-state index contributed by atoms with van der Waals surface area (Å²) in [6.07, 6.45) is -1.19. The molecule has 0 heterocycles. The first-order valence-corrected chi connectivity index (χ1v) is 2.18. The van der Waals surface area contributed by atoms with E-state index < -0.39 is 18.3 Å². The highest BCUT2D eigenvalue weighted by Crippen LogP contribution is 2.38. The molecule has 40 valence electrons. The van der Waals surface area contributed by atoms with Crippen molar-refractivity contribution in [3.8, 4) is 0 Å². The van der Waals surface area contributed by atoms with E-state index in [0.717, 1.165) is 0 Å². The lowest BCUT2D eigenvalue weighted by molar-refractivity contribution is 0.372. The molecule has 0 aliphatic heterocycles. The average Bonchev–Trinajstić information content (AvgIpc) is 2.17. The predicted octanol–water partition coefficient (Wildman–Crippen LogP) is 1.48. The van der Waals surface area contributed by atoms with E-state index in [9.17, 15) is 8.78 Å². The third kappa shape index (κ3) is 0.539. The van der Waals surface area contributed by atoms with Gasteiger partial charge < -0.3 is 0 Å². The van der Waals surface area contributed by atoms with Gasteiger partial charge in [-0.25, -0.2) is 8.78 Å². The fraction of sp³-hybridized carbons (Fsp3) is 0.600. The minimum atomic E-state index is -1.25. The lowest BCUT2D eigenvalue weighted by Crippen LogP contribution is -1.68. The lowest BCUT2D eigenvalue weighted by Gasteiger charge is -1.68. The Balaban J connectivity index is 2.37. The van der Waals surface area contributed by atoms with Crippen molar-refractivity contribution in [3.05, 3.63) is 12.7 Å². The van der Waals surface area contributed by atoms with Crippen LogP contribution in [0.3, 0.4) is 0 Å². The first-order chi connectivity index (χ1) is 3.27. The summed E-state index contributed by atoms with van der Waals surface area (Å²) in [7, 11) is 0. The van der Waals surface area contributed by atoms with E-state index in [4.69, 9.17) is 0 Å². The summed E-state index contributed by atoms with van der Waals surface area (Å²) in [5.41, 5.74) is 0. The zero-order valence-corrected chi connectivity index (χ0v) is 3.77. The van der Waals surface area contributed by atoms with Gasteiger partial charge in [0.15, 0.2) is 0 Å². The maximum absolute atomic E-state index is 11.7. The summed E-state index contributed by atoms with van der Waals surface area (Å²) >= 11 is 0. The minimum Gasteiger partial charge on any atom is -0.243 e. The molecule has 0 saturated heterocycles. The second kappa shape index (κ2) is 1.29. The Hall–Kier alpha value is -0.400. The van der Waals surface area contributed by atoms with Crippen LogP contribution in [0.25, 0.3) is 0 Å². The van der Waals surface area contributed by atoms with Crippen LogP contribution in [0.2, 0.25) is 0 Å². The van der Waals surface area contributed by atoms with E-state index in [0.29, 0.717) is 0 Å². The summed E-state index contributed by atoms with van der Waals surface area (Å²) in [5, 5.41) is 0. The van der Waals surface area contributed by atoms with Gasteiger partial charge in [0, 0.05) is 5.92 Å². The van der Waals surface area contributed by atoms with E-state index >= 15 is 0 Å². The number of halogens is 2. The SMILES string of the molecule is C=CC1C(F)C1F. The van der Waals surface area contributed by atoms with Gasteiger partial charge in [-0.05, 0) is 0 Å². The van der Waals surface area contributed by atoms with Gasteiger partial charge in [0.2, 0.25) is 0 Å². The molecule has 0 amide bonds. The van der Waals surface area contributed by atoms with Gasteiger partial charge in [-0.1, -0.05) is 6.08 Å². The minimum absolute atomic E-state index is 0.500. The molecule has 0 spiro atoms. The molecule has 0 nitrogen and oxygen atoms in total. The van der Waals surface area contributed by atoms with Crippen molar-refractivity contribution in [2.45, 2.75) is 12.3 Å². The highest BCUT2D eigenvalue weighted by molar-refractivity contribution is 5.08. The van der Waals surface area contributed by atoms with Crippen molar-refractivity contribution in [1.82, 2.24) is 0 Å². The lowest BCUT2D eigenvalue weighted by atomic mass is 10.4. The third-order valence-corrected chi connectivity index (χ3v) is 1.17. The van der Waals surface area contributed by atoms with Gasteiger partial charge in [0.1, 0.15) is 12.3 Å². The van der Waals surface area contributed by atoms with E-state index in [1.165, 1.54) is 6.08 Å². The van der Waals surface area contributed by atoms with Crippen LogP contribution >= 0.6 is 0 Å². The molecular formula is C5H6F2. The molecule has 2 atom stereocenters. The third-order valence-electron chi connectivity index (χ3n) is 1.17. The van der Waals surface area contributed by atoms with Gasteiger partial charge in [-0.2, -0.15) is 0 Å². The van der Waals surface area contributed by atoms with Crippen molar-refractivity contribution >= 4 is 0 Å². The van der Waals surface area contributed by atoms with Crippen LogP contribution in [0.1, 0.15) is 0 Å². The fourth-order valence-corrected chi connectivity index (χ4v) is 0.520. The second-order valence-electron chi connectivity index (χ2n) is 1.70. The molecular weight excluding hydrogens is 98.1 g/mol. The molecule has 1 aliphatic carbocycles. The van der Waals surface area contributed by atoms with Crippen LogP contribution in [-0.2, 0) is 0 Å². The first-order valence-electron chi connectivity index (χ1n) is 2.18. The van der Waals surface area contributed by atoms with Crippen molar-refractivity contribution in [2.75, 3.05) is 0 Å². The second-order valence-corrected chi connectivity index (χ2v) is 1.70. The molecule has 1 aliphatic rings. The molecule has 0 aromatic heterocycles. The molecule has 0 aromatic carbocycles. The topological polar surface area (TPSA) is 0 Å². The standard InChI is InChI=1S/C5H6F2/c1-2-3-4(6)5(3)7/h2-5H,1H2. The van der Waals surface area contributed by atoms with Crippen LogP contribution in [0.5, 0.6) is 0 Å². The summed E-state index contributed by atoms with van der Waals surface area (Å²) in [6.45, 7) is 3.24. The summed E-state index contributed by atoms with van der Waals surface area (Å²) in [6, 6.07) is 0. The molecule has 7 heavy (non-hydrogen) atoms. The molecule has 2 unspecified atom stereocenters. The quantitative estimate of drug-likeness (QED) is 0.442. The van der Waals surface area contributed by atoms with E-state index in [-0.39, 0.29) is 0 Å². The Morgan fingerprint density at radius 2 is 1.71 bits per heavy atom. The zero-order valence-electron chi connectivity index (χ0n) is 3.77. The molecule has 1 rings (SSSR count). The van der Waals surface area contributed by atoms with Crippen LogP contribution in [0, 0.1) is 5.92 Å². The summed E-state index contributed by atoms with van der Waals surface area (Å²) in [5.74, 6) is -0.500. The Bertz CT molecular complexity index is 82.1. The van der Waals surface area contributed by atoms with Crippen LogP contribution in [0.4, 0.5) is 8.78 Å². The smallest absolute Gasteiger partial charge is 0.141 e. The molecule has 0 radical (unpaired) electrons. The van der Waals surface area contributed by atoms with Crippen molar-refractivity contribution in [3.63, 3.8) is 0 Å². The molecule has 0 N–H and O–H groups in total. The Labute approximate surface area is 40.8 Å². The summed E-state index contributed by atoms with van der Waals surface area (Å²) < 4.78 is 23.4. The Morgan fingerprint density at radius 1 is 1.29 bits per heavy atom. The predicted molar refractivity (Wildman–Crippen MR) is 23.5 cm³/mol. The largest absolute Gasteiger partial charge is 0.243 e. The first kappa shape index (κ1) is 4.75. The Kier molecular flexibility index (Phi) is 0.873. The maximum atomic E-state index is 11.7. The number of allylic oxidation sites excluding steroid dienone is 1. The number of hydrogen-bond donors (Lipinski definition) is 0. The van der Waals surface area contributed by atoms with Crippen LogP contribution < -0.4 is 0 Å². The van der Waals surface area contributed by atoms with E-state index in [1.807, 2.05) is 0 Å². The highest BCUT2D eigenvalue weighted by atomic mass is 19.2. The van der Waals surface area contributed by atoms with E-state index in [1.54, 1.807) is 0 Å². The molecule has 0 bridgehead atoms. The van der Waals surface area contributed by atoms with Gasteiger partial charge in [-0.3, -0.25) is 0 Å². The monoisotopic (exact) mass is 104 g/mol. The van der Waals surface area contributed by atoms with Gasteiger partial charge in [0.05, 0.1) is 0 Å². The van der Waals surface area contributed by atoms with Gasteiger partial charge in [-0.15, -0.1) is 6.58 Å². The normalized spacial score (nSPS) is 48.6. The highest BCUT2D eigenvalue weighted by Gasteiger charge is 2.49. The molecule has 2 heteroatoms. The molecule has 0 aromatic rings. The van der Waals surface area contributed by atoms with Gasteiger partial charge in [0.25, 0.3) is 0 Å². The molecule has 1 fully saturated rings. The number of alkyl halides is 2. The van der Waals surface area contributed by atoms with Crippen LogP contribution in [-0.4, -0.2) is 12.3 Å². The van der Waals surface area contributed by atoms with Crippen molar-refractivity contribution < 1.29 is 8.78 Å². The summed E-state index contributed by atoms with van der Waals surface area (Å²) in [4.78, 5) is 0. The zero-order chi connectivity index (χ0) is 5.44. The molecule has 1 saturated carbocycles. The van der Waals surface area contributed by atoms with E-state index in [2.05, 4.69) is 6.58 Å². The fourth-order valence-electron chi connectivity index (χ4n) is 0.520. The number of hydrogen-bond acceptors (Lipinski definition) is 0.